The lowest BCUT2D eigenvalue weighted by atomic mass is 10.2. The number of nitrogens with zero attached hydrogens (tertiary/aromatic N) is 2. The van der Waals surface area contributed by atoms with Gasteiger partial charge in [0.2, 0.25) is 0 Å². The minimum atomic E-state index is -0.562. The Hall–Kier alpha value is -4.04. The van der Waals surface area contributed by atoms with Gasteiger partial charge in [-0.05, 0) is 36.4 Å². The van der Waals surface area contributed by atoms with Gasteiger partial charge < -0.3 is 15.4 Å². The molecule has 0 aliphatic rings. The highest BCUT2D eigenvalue weighted by atomic mass is 32.1. The molecule has 4 aromatic rings. The van der Waals surface area contributed by atoms with Crippen LogP contribution in [0.3, 0.4) is 0 Å². The Balaban J connectivity index is 1.33. The number of amides is 1. The van der Waals surface area contributed by atoms with Crippen molar-refractivity contribution in [2.24, 2.45) is 0 Å². The molecule has 2 heterocycles. The van der Waals surface area contributed by atoms with Crippen LogP contribution in [-0.4, -0.2) is 28.4 Å². The maximum absolute atomic E-state index is 12.1. The summed E-state index contributed by atoms with van der Waals surface area (Å²) in [4.78, 5) is 33.0. The van der Waals surface area contributed by atoms with Crippen molar-refractivity contribution in [3.63, 3.8) is 0 Å². The number of hydrogen-bond donors (Lipinski definition) is 2. The number of benzene rings is 2. The molecule has 0 bridgehead atoms. The Morgan fingerprint density at radius 1 is 0.935 bits per heavy atom. The molecule has 0 aliphatic carbocycles. The zero-order valence-electron chi connectivity index (χ0n) is 16.3. The van der Waals surface area contributed by atoms with Crippen molar-refractivity contribution in [1.29, 1.82) is 0 Å². The smallest absolute Gasteiger partial charge is 0.330 e. The third kappa shape index (κ3) is 5.52. The summed E-state index contributed by atoms with van der Waals surface area (Å²) in [6, 6.07) is 21.3. The van der Waals surface area contributed by atoms with E-state index in [0.29, 0.717) is 16.4 Å². The summed E-state index contributed by atoms with van der Waals surface area (Å²) in [6.45, 7) is -0.231. The zero-order chi connectivity index (χ0) is 21.5. The maximum atomic E-state index is 12.1. The van der Waals surface area contributed by atoms with Crippen LogP contribution in [0.4, 0.5) is 10.8 Å². The minimum Gasteiger partial charge on any atom is -0.425 e. The summed E-state index contributed by atoms with van der Waals surface area (Å²) in [5.74, 6) is -0.529. The monoisotopic (exact) mass is 430 g/mol. The molecule has 4 rings (SSSR count). The van der Waals surface area contributed by atoms with Crippen LogP contribution in [0.2, 0.25) is 0 Å². The van der Waals surface area contributed by atoms with Crippen molar-refractivity contribution in [2.45, 2.75) is 0 Å². The molecule has 1 amide bonds. The number of carbonyl (C=O) groups excluding carboxylic acids is 2. The molecule has 0 radical (unpaired) electrons. The van der Waals surface area contributed by atoms with Gasteiger partial charge in [0.25, 0.3) is 5.91 Å². The normalized spacial score (nSPS) is 10.3. The van der Waals surface area contributed by atoms with Crippen LogP contribution in [0, 0.1) is 0 Å². The Labute approximate surface area is 182 Å². The van der Waals surface area contributed by atoms with E-state index in [-0.39, 0.29) is 12.5 Å². The average Bonchev–Trinajstić information content (AvgIpc) is 3.27. The fourth-order valence-electron chi connectivity index (χ4n) is 2.74. The Morgan fingerprint density at radius 2 is 1.77 bits per heavy atom. The predicted octanol–water partition coefficient (Wildman–Crippen LogP) is 4.28. The van der Waals surface area contributed by atoms with Gasteiger partial charge in [0.1, 0.15) is 18.0 Å². The van der Waals surface area contributed by atoms with Crippen LogP contribution in [0.25, 0.3) is 11.4 Å². The molecular formula is C23H18N4O3S. The molecule has 2 aromatic carbocycles. The van der Waals surface area contributed by atoms with Crippen molar-refractivity contribution in [3.05, 3.63) is 89.9 Å². The number of carbonyl (C=O) groups is 2. The summed E-state index contributed by atoms with van der Waals surface area (Å²) in [5.41, 5.74) is 2.78. The lowest BCUT2D eigenvalue weighted by molar-refractivity contribution is -0.133. The molecule has 0 aliphatic heterocycles. The molecule has 0 atom stereocenters. The van der Waals surface area contributed by atoms with E-state index in [0.717, 1.165) is 17.1 Å². The summed E-state index contributed by atoms with van der Waals surface area (Å²) in [7, 11) is 0. The van der Waals surface area contributed by atoms with Gasteiger partial charge in [-0.1, -0.05) is 30.3 Å². The third-order valence-electron chi connectivity index (χ3n) is 4.18. The molecule has 0 unspecified atom stereocenters. The third-order valence-corrected chi connectivity index (χ3v) is 4.94. The molecule has 7 nitrogen and oxygen atoms in total. The number of esters is 1. The first-order valence-corrected chi connectivity index (χ1v) is 10.3. The van der Waals surface area contributed by atoms with E-state index >= 15 is 0 Å². The molecule has 0 fully saturated rings. The Morgan fingerprint density at radius 3 is 2.58 bits per heavy atom. The second-order valence-corrected chi connectivity index (χ2v) is 7.29. The second-order valence-electron chi connectivity index (χ2n) is 6.43. The molecule has 31 heavy (non-hydrogen) atoms. The van der Waals surface area contributed by atoms with E-state index in [1.54, 1.807) is 48.7 Å². The molecule has 0 spiro atoms. The van der Waals surface area contributed by atoms with Crippen LogP contribution < -0.4 is 15.4 Å². The molecule has 0 saturated heterocycles. The van der Waals surface area contributed by atoms with Crippen molar-refractivity contribution in [3.8, 4) is 17.1 Å². The Bertz CT molecular complexity index is 1180. The Kier molecular flexibility index (Phi) is 6.29. The highest BCUT2D eigenvalue weighted by Crippen LogP contribution is 2.27. The SMILES string of the molecule is O=C(CNC(=O)c1ccccc1)Oc1cccc(Nc2nc(-c3ccccn3)cs2)c1. The van der Waals surface area contributed by atoms with Crippen LogP contribution in [0.15, 0.2) is 84.4 Å². The number of ether oxygens (including phenoxy) is 1. The topological polar surface area (TPSA) is 93.2 Å². The number of thiazole rings is 1. The first kappa shape index (κ1) is 20.2. The van der Waals surface area contributed by atoms with Gasteiger partial charge >= 0.3 is 5.97 Å². The van der Waals surface area contributed by atoms with Crippen LogP contribution >= 0.6 is 11.3 Å². The summed E-state index contributed by atoms with van der Waals surface area (Å²) in [5, 5.41) is 8.36. The van der Waals surface area contributed by atoms with Gasteiger partial charge in [-0.25, -0.2) is 9.78 Å². The van der Waals surface area contributed by atoms with Gasteiger partial charge in [0.05, 0.1) is 5.69 Å². The number of hydrogen-bond acceptors (Lipinski definition) is 7. The zero-order valence-corrected chi connectivity index (χ0v) is 17.1. The lowest BCUT2D eigenvalue weighted by Crippen LogP contribution is -2.31. The molecule has 8 heteroatoms. The van der Waals surface area contributed by atoms with E-state index in [1.165, 1.54) is 11.3 Å². The van der Waals surface area contributed by atoms with Gasteiger partial charge in [-0.3, -0.25) is 9.78 Å². The van der Waals surface area contributed by atoms with E-state index in [2.05, 4.69) is 20.6 Å². The van der Waals surface area contributed by atoms with Crippen molar-refractivity contribution in [1.82, 2.24) is 15.3 Å². The van der Waals surface area contributed by atoms with E-state index in [1.807, 2.05) is 35.7 Å². The van der Waals surface area contributed by atoms with E-state index in [9.17, 15) is 9.59 Å². The summed E-state index contributed by atoms with van der Waals surface area (Å²) >= 11 is 1.45. The maximum Gasteiger partial charge on any atom is 0.330 e. The van der Waals surface area contributed by atoms with Gasteiger partial charge in [-0.15, -0.1) is 11.3 Å². The quantitative estimate of drug-likeness (QED) is 0.336. The average molecular weight is 430 g/mol. The fourth-order valence-corrected chi connectivity index (χ4v) is 3.46. The van der Waals surface area contributed by atoms with Gasteiger partial charge in [0.15, 0.2) is 5.13 Å². The highest BCUT2D eigenvalue weighted by molar-refractivity contribution is 7.14. The molecule has 2 aromatic heterocycles. The van der Waals surface area contributed by atoms with Crippen LogP contribution in [-0.2, 0) is 4.79 Å². The van der Waals surface area contributed by atoms with Crippen LogP contribution in [0.5, 0.6) is 5.75 Å². The first-order valence-electron chi connectivity index (χ1n) is 9.45. The summed E-state index contributed by atoms with van der Waals surface area (Å²) in [6.07, 6.45) is 1.72. The lowest BCUT2D eigenvalue weighted by Gasteiger charge is -2.08. The number of nitrogens with one attached hydrogen (secondary N) is 2. The van der Waals surface area contributed by atoms with Crippen molar-refractivity contribution >= 4 is 34.0 Å². The van der Waals surface area contributed by atoms with E-state index in [4.69, 9.17) is 4.74 Å². The van der Waals surface area contributed by atoms with Gasteiger partial charge in [-0.2, -0.15) is 0 Å². The number of aromatic nitrogens is 2. The molecule has 154 valence electrons. The number of anilines is 2. The largest absolute Gasteiger partial charge is 0.425 e. The van der Waals surface area contributed by atoms with Crippen molar-refractivity contribution in [2.75, 3.05) is 11.9 Å². The second kappa shape index (κ2) is 9.64. The molecular weight excluding hydrogens is 412 g/mol. The number of pyridine rings is 1. The standard InChI is InChI=1S/C23H18N4O3S/c28-21(14-25-22(29)16-7-2-1-3-8-16)30-18-10-6-9-17(13-18)26-23-27-20(15-31-23)19-11-4-5-12-24-19/h1-13,15H,14H2,(H,25,29)(H,26,27). The van der Waals surface area contributed by atoms with Gasteiger partial charge in [0, 0.05) is 28.9 Å². The minimum absolute atomic E-state index is 0.231. The fraction of sp³-hybridized carbons (Fsp3) is 0.0435. The molecule has 2 N–H and O–H groups in total. The highest BCUT2D eigenvalue weighted by Gasteiger charge is 2.10. The first-order chi connectivity index (χ1) is 15.2. The predicted molar refractivity (Wildman–Crippen MR) is 119 cm³/mol. The van der Waals surface area contributed by atoms with E-state index < -0.39 is 5.97 Å². The number of rotatable bonds is 7. The van der Waals surface area contributed by atoms with Crippen LogP contribution in [0.1, 0.15) is 10.4 Å². The van der Waals surface area contributed by atoms with Crippen molar-refractivity contribution < 1.29 is 14.3 Å². The molecule has 0 saturated carbocycles. The summed E-state index contributed by atoms with van der Waals surface area (Å²) < 4.78 is 5.33.